The summed E-state index contributed by atoms with van der Waals surface area (Å²) < 4.78 is 11.3. The van der Waals surface area contributed by atoms with Crippen molar-refractivity contribution in [3.63, 3.8) is 0 Å². The van der Waals surface area contributed by atoms with E-state index in [1.807, 2.05) is 61.5 Å². The molecule has 9 heteroatoms. The standard InChI is InChI=1S/C28H31N3O6/c1-4-36-27(34)28(15-23(28)26(33)30-18(3)25(32)31-35)14-19-9-11-21(12-10-19)37-16-20-13-17(2)29-24-8-6-5-7-22(20)24/h5-13,18,23,35H,4,14-16H2,1-3H3,(H,30,33)(H,31,32). The number of aromatic nitrogens is 1. The first-order valence-electron chi connectivity index (χ1n) is 12.3. The van der Waals surface area contributed by atoms with Gasteiger partial charge in [-0.2, -0.15) is 0 Å². The first-order valence-corrected chi connectivity index (χ1v) is 12.3. The summed E-state index contributed by atoms with van der Waals surface area (Å²) in [5, 5.41) is 12.4. The molecule has 1 saturated carbocycles. The SMILES string of the molecule is CCOC(=O)C1(Cc2ccc(OCc3cc(C)nc4ccccc34)cc2)CC1C(=O)NC(C)C(=O)NO. The monoisotopic (exact) mass is 505 g/mol. The number of amides is 2. The number of hydrogen-bond acceptors (Lipinski definition) is 7. The summed E-state index contributed by atoms with van der Waals surface area (Å²) in [6.45, 7) is 5.71. The number of hydroxylamine groups is 1. The van der Waals surface area contributed by atoms with Crippen LogP contribution in [0.2, 0.25) is 0 Å². The van der Waals surface area contributed by atoms with Gasteiger partial charge in [0, 0.05) is 16.6 Å². The predicted molar refractivity (Wildman–Crippen MR) is 136 cm³/mol. The molecule has 194 valence electrons. The number of esters is 1. The highest BCUT2D eigenvalue weighted by Crippen LogP contribution is 2.56. The molecule has 4 rings (SSSR count). The second kappa shape index (κ2) is 11.0. The molecule has 1 aromatic heterocycles. The number of para-hydroxylation sites is 1. The minimum absolute atomic E-state index is 0.203. The number of hydrogen-bond donors (Lipinski definition) is 3. The maximum Gasteiger partial charge on any atom is 0.313 e. The van der Waals surface area contributed by atoms with Crippen LogP contribution in [-0.4, -0.2) is 40.6 Å². The fourth-order valence-corrected chi connectivity index (χ4v) is 4.64. The number of fused-ring (bicyclic) bond motifs is 1. The fraction of sp³-hybridized carbons (Fsp3) is 0.357. The van der Waals surface area contributed by atoms with Crippen molar-refractivity contribution in [3.05, 3.63) is 71.4 Å². The third-order valence-corrected chi connectivity index (χ3v) is 6.70. The third-order valence-electron chi connectivity index (χ3n) is 6.70. The lowest BCUT2D eigenvalue weighted by atomic mass is 9.93. The molecule has 1 aliphatic carbocycles. The van der Waals surface area contributed by atoms with Gasteiger partial charge < -0.3 is 14.8 Å². The van der Waals surface area contributed by atoms with Gasteiger partial charge in [-0.05, 0) is 63.4 Å². The number of nitrogens with one attached hydrogen (secondary N) is 2. The molecule has 0 radical (unpaired) electrons. The van der Waals surface area contributed by atoms with Crippen molar-refractivity contribution in [2.75, 3.05) is 6.61 Å². The Balaban J connectivity index is 1.44. The zero-order valence-corrected chi connectivity index (χ0v) is 21.1. The first-order chi connectivity index (χ1) is 17.8. The predicted octanol–water partition coefficient (Wildman–Crippen LogP) is 3.24. The molecule has 3 aromatic rings. The molecule has 0 aliphatic heterocycles. The summed E-state index contributed by atoms with van der Waals surface area (Å²) in [5.41, 5.74) is 4.27. The topological polar surface area (TPSA) is 127 Å². The van der Waals surface area contributed by atoms with Crippen LogP contribution >= 0.6 is 0 Å². The van der Waals surface area contributed by atoms with Crippen molar-refractivity contribution in [2.45, 2.75) is 46.3 Å². The van der Waals surface area contributed by atoms with Gasteiger partial charge in [0.05, 0.1) is 23.5 Å². The number of aryl methyl sites for hydroxylation is 1. The Hall–Kier alpha value is -3.98. The van der Waals surface area contributed by atoms with Gasteiger partial charge in [0.15, 0.2) is 0 Å². The number of benzene rings is 2. The van der Waals surface area contributed by atoms with Gasteiger partial charge in [-0.25, -0.2) is 5.48 Å². The van der Waals surface area contributed by atoms with E-state index in [4.69, 9.17) is 14.7 Å². The van der Waals surface area contributed by atoms with Gasteiger partial charge in [-0.1, -0.05) is 30.3 Å². The van der Waals surface area contributed by atoms with Crippen LogP contribution < -0.4 is 15.5 Å². The third kappa shape index (κ3) is 5.72. The average Bonchev–Trinajstić information content (AvgIpc) is 3.63. The Morgan fingerprint density at radius 1 is 1.16 bits per heavy atom. The van der Waals surface area contributed by atoms with E-state index in [1.54, 1.807) is 6.92 Å². The van der Waals surface area contributed by atoms with Gasteiger partial charge >= 0.3 is 5.97 Å². The van der Waals surface area contributed by atoms with E-state index in [0.717, 1.165) is 27.7 Å². The molecule has 9 nitrogen and oxygen atoms in total. The van der Waals surface area contributed by atoms with Crippen LogP contribution in [0.1, 0.15) is 37.1 Å². The molecule has 3 N–H and O–H groups in total. The highest BCUT2D eigenvalue weighted by atomic mass is 16.5. The molecule has 1 heterocycles. The highest BCUT2D eigenvalue weighted by Gasteiger charge is 2.64. The van der Waals surface area contributed by atoms with E-state index in [2.05, 4.69) is 10.3 Å². The summed E-state index contributed by atoms with van der Waals surface area (Å²) in [6, 6.07) is 16.5. The van der Waals surface area contributed by atoms with Crippen LogP contribution in [0, 0.1) is 18.3 Å². The Morgan fingerprint density at radius 2 is 1.89 bits per heavy atom. The van der Waals surface area contributed by atoms with Crippen LogP contribution in [0.5, 0.6) is 5.75 Å². The summed E-state index contributed by atoms with van der Waals surface area (Å²) in [5.74, 6) is -1.54. The molecule has 2 amide bonds. The maximum atomic E-state index is 12.8. The van der Waals surface area contributed by atoms with Crippen LogP contribution in [-0.2, 0) is 32.1 Å². The molecule has 37 heavy (non-hydrogen) atoms. The van der Waals surface area contributed by atoms with Crippen molar-refractivity contribution in [3.8, 4) is 5.75 Å². The van der Waals surface area contributed by atoms with E-state index >= 15 is 0 Å². The summed E-state index contributed by atoms with van der Waals surface area (Å²) in [7, 11) is 0. The molecule has 0 saturated heterocycles. The van der Waals surface area contributed by atoms with E-state index in [-0.39, 0.29) is 6.61 Å². The fourth-order valence-electron chi connectivity index (χ4n) is 4.64. The zero-order chi connectivity index (χ0) is 26.6. The van der Waals surface area contributed by atoms with E-state index < -0.39 is 35.2 Å². The Labute approximate surface area is 215 Å². The van der Waals surface area contributed by atoms with E-state index in [9.17, 15) is 14.4 Å². The highest BCUT2D eigenvalue weighted by molar-refractivity contribution is 5.95. The Bertz CT molecular complexity index is 1310. The average molecular weight is 506 g/mol. The van der Waals surface area contributed by atoms with Crippen molar-refractivity contribution in [1.82, 2.24) is 15.8 Å². The van der Waals surface area contributed by atoms with Crippen molar-refractivity contribution >= 4 is 28.7 Å². The lowest BCUT2D eigenvalue weighted by Crippen LogP contribution is -2.45. The molecule has 3 unspecified atom stereocenters. The van der Waals surface area contributed by atoms with Crippen molar-refractivity contribution in [2.24, 2.45) is 11.3 Å². The lowest BCUT2D eigenvalue weighted by molar-refractivity contribution is -0.151. The number of ether oxygens (including phenoxy) is 2. The van der Waals surface area contributed by atoms with Crippen molar-refractivity contribution in [1.29, 1.82) is 0 Å². The maximum absolute atomic E-state index is 12.8. The number of pyridine rings is 1. The van der Waals surface area contributed by atoms with E-state index in [0.29, 0.717) is 25.2 Å². The minimum atomic E-state index is -0.995. The summed E-state index contributed by atoms with van der Waals surface area (Å²) in [4.78, 5) is 41.7. The number of nitrogens with zero attached hydrogens (tertiary/aromatic N) is 1. The quantitative estimate of drug-likeness (QED) is 0.219. The lowest BCUT2D eigenvalue weighted by Gasteiger charge is -2.18. The van der Waals surface area contributed by atoms with Gasteiger partial charge in [0.25, 0.3) is 5.91 Å². The molecule has 1 aliphatic rings. The Kier molecular flexibility index (Phi) is 7.73. The van der Waals surface area contributed by atoms with Crippen LogP contribution in [0.4, 0.5) is 0 Å². The Morgan fingerprint density at radius 3 is 2.59 bits per heavy atom. The number of rotatable bonds is 10. The molecular formula is C28H31N3O6. The molecule has 2 aromatic carbocycles. The minimum Gasteiger partial charge on any atom is -0.489 e. The van der Waals surface area contributed by atoms with Gasteiger partial charge in [0.1, 0.15) is 18.4 Å². The number of carbonyl (C=O) groups excluding carboxylic acids is 3. The summed E-state index contributed by atoms with van der Waals surface area (Å²) in [6.07, 6.45) is 0.636. The van der Waals surface area contributed by atoms with Gasteiger partial charge in [-0.3, -0.25) is 24.6 Å². The van der Waals surface area contributed by atoms with Gasteiger partial charge in [-0.15, -0.1) is 0 Å². The second-order valence-electron chi connectivity index (χ2n) is 9.39. The van der Waals surface area contributed by atoms with Gasteiger partial charge in [0.2, 0.25) is 5.91 Å². The normalized spacial score (nSPS) is 19.1. The molecule has 0 spiro atoms. The van der Waals surface area contributed by atoms with E-state index in [1.165, 1.54) is 12.4 Å². The molecular weight excluding hydrogens is 474 g/mol. The summed E-state index contributed by atoms with van der Waals surface area (Å²) >= 11 is 0. The number of carbonyl (C=O) groups is 3. The first kappa shape index (κ1) is 26.1. The smallest absolute Gasteiger partial charge is 0.313 e. The van der Waals surface area contributed by atoms with Crippen LogP contribution in [0.3, 0.4) is 0 Å². The molecule has 1 fully saturated rings. The molecule has 0 bridgehead atoms. The second-order valence-corrected chi connectivity index (χ2v) is 9.39. The van der Waals surface area contributed by atoms with Crippen LogP contribution in [0.25, 0.3) is 10.9 Å². The zero-order valence-electron chi connectivity index (χ0n) is 21.1. The van der Waals surface area contributed by atoms with Crippen molar-refractivity contribution < 1.29 is 29.1 Å². The van der Waals surface area contributed by atoms with Crippen LogP contribution in [0.15, 0.2) is 54.6 Å². The molecule has 3 atom stereocenters. The largest absolute Gasteiger partial charge is 0.489 e.